The van der Waals surface area contributed by atoms with E-state index in [1.807, 2.05) is 54.0 Å². The zero-order chi connectivity index (χ0) is 23.9. The van der Waals surface area contributed by atoms with Crippen molar-refractivity contribution in [2.75, 3.05) is 6.61 Å². The highest BCUT2D eigenvalue weighted by atomic mass is 16.5. The third-order valence-electron chi connectivity index (χ3n) is 5.06. The van der Waals surface area contributed by atoms with E-state index in [1.54, 1.807) is 60.7 Å². The van der Waals surface area contributed by atoms with Crippen LogP contribution in [-0.2, 0) is 13.6 Å². The summed E-state index contributed by atoms with van der Waals surface area (Å²) in [6.07, 6.45) is 5.91. The van der Waals surface area contributed by atoms with Crippen LogP contribution < -0.4 is 18.8 Å². The van der Waals surface area contributed by atoms with Crippen LogP contribution in [0, 0.1) is 6.92 Å². The maximum absolute atomic E-state index is 12.4. The minimum atomic E-state index is -0.490. The molecule has 172 valence electrons. The summed E-state index contributed by atoms with van der Waals surface area (Å²) in [5, 5.41) is 0. The Morgan fingerprint density at radius 1 is 0.765 bits per heavy atom. The summed E-state index contributed by atoms with van der Waals surface area (Å²) in [5.74, 6) is 0.443. The molecule has 0 aliphatic heterocycles. The number of carbonyl (C=O) groups is 2. The van der Waals surface area contributed by atoms with Crippen molar-refractivity contribution in [2.24, 2.45) is 7.05 Å². The van der Waals surface area contributed by atoms with Crippen molar-refractivity contribution in [1.29, 1.82) is 0 Å². The van der Waals surface area contributed by atoms with Gasteiger partial charge in [-0.2, -0.15) is 0 Å². The van der Waals surface area contributed by atoms with Crippen molar-refractivity contribution in [3.8, 4) is 17.2 Å². The van der Waals surface area contributed by atoms with Crippen LogP contribution in [0.4, 0.5) is 0 Å². The smallest absolute Gasteiger partial charge is 0.343 e. The SMILES string of the molecule is Cc1ccc(C(=O)Oc2ccc(OC(=O)c3ccc(OCC[n+]4ccn(C)c4)cc3)cc2)cc1. The maximum Gasteiger partial charge on any atom is 0.343 e. The van der Waals surface area contributed by atoms with Crippen LogP contribution in [0.2, 0.25) is 0 Å². The van der Waals surface area contributed by atoms with Crippen LogP contribution in [0.5, 0.6) is 17.2 Å². The molecule has 0 saturated heterocycles. The van der Waals surface area contributed by atoms with Gasteiger partial charge in [0.1, 0.15) is 42.8 Å². The normalized spacial score (nSPS) is 10.5. The Hall–Kier alpha value is -4.39. The molecule has 4 aromatic rings. The zero-order valence-corrected chi connectivity index (χ0v) is 19.0. The molecule has 1 aromatic heterocycles. The fourth-order valence-electron chi connectivity index (χ4n) is 3.19. The second-order valence-electron chi connectivity index (χ2n) is 7.81. The van der Waals surface area contributed by atoms with Gasteiger partial charge in [0.05, 0.1) is 18.2 Å². The third-order valence-corrected chi connectivity index (χ3v) is 5.06. The van der Waals surface area contributed by atoms with E-state index in [0.717, 1.165) is 12.1 Å². The summed E-state index contributed by atoms with van der Waals surface area (Å²) in [4.78, 5) is 24.7. The number of carbonyl (C=O) groups excluding carboxylic acids is 2. The molecule has 7 heteroatoms. The number of ether oxygens (including phenoxy) is 3. The summed E-state index contributed by atoms with van der Waals surface area (Å²) >= 11 is 0. The largest absolute Gasteiger partial charge is 0.489 e. The topological polar surface area (TPSA) is 70.6 Å². The minimum absolute atomic E-state index is 0.348. The van der Waals surface area contributed by atoms with Gasteiger partial charge in [-0.05, 0) is 67.6 Å². The predicted octanol–water partition coefficient (Wildman–Crippen LogP) is 4.14. The van der Waals surface area contributed by atoms with E-state index in [9.17, 15) is 9.59 Å². The van der Waals surface area contributed by atoms with Gasteiger partial charge in [0, 0.05) is 0 Å². The number of esters is 2. The first kappa shape index (κ1) is 22.8. The number of aryl methyl sites for hydroxylation is 2. The molecule has 0 unspecified atom stereocenters. The average Bonchev–Trinajstić information content (AvgIpc) is 3.26. The summed E-state index contributed by atoms with van der Waals surface area (Å²) in [5.41, 5.74) is 1.93. The van der Waals surface area contributed by atoms with E-state index >= 15 is 0 Å². The molecule has 0 atom stereocenters. The maximum atomic E-state index is 12.4. The second-order valence-corrected chi connectivity index (χ2v) is 7.81. The molecule has 0 aliphatic carbocycles. The Kier molecular flexibility index (Phi) is 7.03. The molecule has 34 heavy (non-hydrogen) atoms. The lowest BCUT2D eigenvalue weighted by molar-refractivity contribution is -0.697. The summed E-state index contributed by atoms with van der Waals surface area (Å²) in [6.45, 7) is 3.18. The molecular formula is C27H25N2O5+. The number of hydrogen-bond donors (Lipinski definition) is 0. The van der Waals surface area contributed by atoms with Crippen LogP contribution >= 0.6 is 0 Å². The molecule has 0 spiro atoms. The molecule has 0 aliphatic rings. The van der Waals surface area contributed by atoms with Crippen LogP contribution in [0.1, 0.15) is 26.3 Å². The number of benzene rings is 3. The van der Waals surface area contributed by atoms with Crippen LogP contribution in [0.15, 0.2) is 91.5 Å². The first-order valence-electron chi connectivity index (χ1n) is 10.8. The fraction of sp³-hybridized carbons (Fsp3) is 0.148. The average molecular weight is 458 g/mol. The van der Waals surface area contributed by atoms with Crippen LogP contribution in [-0.4, -0.2) is 23.1 Å². The molecule has 0 saturated carbocycles. The van der Waals surface area contributed by atoms with Crippen molar-refractivity contribution in [1.82, 2.24) is 4.57 Å². The standard InChI is InChI=1S/C27H25N2O5/c1-20-3-5-21(6-4-20)26(30)33-24-11-13-25(14-12-24)34-27(31)22-7-9-23(10-8-22)32-18-17-29-16-15-28(2)19-29/h3-16,19H,17-18H2,1-2H3/q+1. The van der Waals surface area contributed by atoms with Gasteiger partial charge in [-0.3, -0.25) is 0 Å². The van der Waals surface area contributed by atoms with Gasteiger partial charge in [0.2, 0.25) is 6.33 Å². The van der Waals surface area contributed by atoms with Gasteiger partial charge in [0.25, 0.3) is 0 Å². The van der Waals surface area contributed by atoms with Gasteiger partial charge in [-0.1, -0.05) is 17.7 Å². The Morgan fingerprint density at radius 2 is 1.26 bits per heavy atom. The quantitative estimate of drug-likeness (QED) is 0.226. The predicted molar refractivity (Wildman–Crippen MR) is 125 cm³/mol. The fourth-order valence-corrected chi connectivity index (χ4v) is 3.19. The van der Waals surface area contributed by atoms with Crippen molar-refractivity contribution in [3.05, 3.63) is 108 Å². The molecular weight excluding hydrogens is 432 g/mol. The third kappa shape index (κ3) is 6.10. The molecule has 0 N–H and O–H groups in total. The van der Waals surface area contributed by atoms with Crippen LogP contribution in [0.25, 0.3) is 0 Å². The first-order valence-corrected chi connectivity index (χ1v) is 10.8. The number of aromatic nitrogens is 2. The molecule has 0 radical (unpaired) electrons. The monoisotopic (exact) mass is 457 g/mol. The minimum Gasteiger partial charge on any atom is -0.489 e. The van der Waals surface area contributed by atoms with Gasteiger partial charge < -0.3 is 14.2 Å². The Bertz CT molecular complexity index is 1260. The van der Waals surface area contributed by atoms with Gasteiger partial charge in [0.15, 0.2) is 0 Å². The van der Waals surface area contributed by atoms with Crippen molar-refractivity contribution >= 4 is 11.9 Å². The van der Waals surface area contributed by atoms with Crippen LogP contribution in [0.3, 0.4) is 0 Å². The number of rotatable bonds is 8. The highest BCUT2D eigenvalue weighted by Crippen LogP contribution is 2.21. The summed E-state index contributed by atoms with van der Waals surface area (Å²) in [7, 11) is 1.96. The summed E-state index contributed by atoms with van der Waals surface area (Å²) in [6, 6.07) is 20.2. The van der Waals surface area contributed by atoms with Gasteiger partial charge >= 0.3 is 11.9 Å². The number of imidazole rings is 1. The highest BCUT2D eigenvalue weighted by molar-refractivity contribution is 5.92. The lowest BCUT2D eigenvalue weighted by Crippen LogP contribution is -2.34. The molecule has 3 aromatic carbocycles. The molecule has 4 rings (SSSR count). The molecule has 0 fully saturated rings. The first-order chi connectivity index (χ1) is 16.5. The lowest BCUT2D eigenvalue weighted by atomic mass is 10.1. The van der Waals surface area contributed by atoms with E-state index in [4.69, 9.17) is 14.2 Å². The Labute approximate surface area is 197 Å². The highest BCUT2D eigenvalue weighted by Gasteiger charge is 2.11. The van der Waals surface area contributed by atoms with Crippen molar-refractivity contribution in [3.63, 3.8) is 0 Å². The summed E-state index contributed by atoms with van der Waals surface area (Å²) < 4.78 is 20.5. The zero-order valence-electron chi connectivity index (χ0n) is 19.0. The van der Waals surface area contributed by atoms with Gasteiger partial charge in [-0.25, -0.2) is 18.7 Å². The van der Waals surface area contributed by atoms with E-state index in [0.29, 0.717) is 35.0 Å². The second kappa shape index (κ2) is 10.5. The van der Waals surface area contributed by atoms with Crippen molar-refractivity contribution < 1.29 is 28.4 Å². The molecule has 0 amide bonds. The Morgan fingerprint density at radius 3 is 1.76 bits per heavy atom. The number of nitrogens with zero attached hydrogens (tertiary/aromatic N) is 2. The number of hydrogen-bond acceptors (Lipinski definition) is 5. The van der Waals surface area contributed by atoms with E-state index in [-0.39, 0.29) is 0 Å². The van der Waals surface area contributed by atoms with Crippen molar-refractivity contribution in [2.45, 2.75) is 13.5 Å². The molecule has 0 bridgehead atoms. The van der Waals surface area contributed by atoms with E-state index < -0.39 is 11.9 Å². The van der Waals surface area contributed by atoms with E-state index in [2.05, 4.69) is 0 Å². The van der Waals surface area contributed by atoms with E-state index in [1.165, 1.54) is 0 Å². The lowest BCUT2D eigenvalue weighted by Gasteiger charge is -2.08. The molecule has 1 heterocycles. The van der Waals surface area contributed by atoms with Gasteiger partial charge in [-0.15, -0.1) is 0 Å². The molecule has 7 nitrogen and oxygen atoms in total. The Balaban J connectivity index is 1.27.